The molecular weight excluding hydrogens is 340 g/mol. The molecule has 1 aliphatic rings. The second-order valence-corrected chi connectivity index (χ2v) is 7.76. The van der Waals surface area contributed by atoms with E-state index >= 15 is 0 Å². The summed E-state index contributed by atoms with van der Waals surface area (Å²) in [5.74, 6) is -0.271. The van der Waals surface area contributed by atoms with Crippen molar-refractivity contribution in [2.75, 3.05) is 38.6 Å². The number of carbonyl (C=O) groups excluding carboxylic acids is 1. The quantitative estimate of drug-likeness (QED) is 0.788. The van der Waals surface area contributed by atoms with Gasteiger partial charge in [0, 0.05) is 31.1 Å². The van der Waals surface area contributed by atoms with Crippen LogP contribution in [0.4, 0.5) is 0 Å². The molecule has 1 aromatic carbocycles. The SMILES string of the molecule is O=C(CCc1ccccc1Cl)NCCS(=O)(=O)N1CCOCC1. The number of halogens is 1. The highest BCUT2D eigenvalue weighted by Crippen LogP contribution is 2.16. The number of benzene rings is 1. The van der Waals surface area contributed by atoms with Crippen molar-refractivity contribution in [2.45, 2.75) is 12.8 Å². The Labute approximate surface area is 141 Å². The molecule has 0 unspecified atom stereocenters. The zero-order valence-electron chi connectivity index (χ0n) is 12.8. The molecule has 1 heterocycles. The van der Waals surface area contributed by atoms with Crippen LogP contribution >= 0.6 is 11.6 Å². The lowest BCUT2D eigenvalue weighted by Gasteiger charge is -2.26. The number of ether oxygens (including phenoxy) is 1. The zero-order valence-corrected chi connectivity index (χ0v) is 14.4. The highest BCUT2D eigenvalue weighted by molar-refractivity contribution is 7.89. The Balaban J connectivity index is 1.71. The van der Waals surface area contributed by atoms with Crippen LogP contribution < -0.4 is 5.32 Å². The minimum atomic E-state index is -3.34. The molecule has 1 amide bonds. The summed E-state index contributed by atoms with van der Waals surface area (Å²) in [4.78, 5) is 11.8. The molecule has 0 aliphatic carbocycles. The van der Waals surface area contributed by atoms with Gasteiger partial charge in [-0.05, 0) is 18.1 Å². The lowest BCUT2D eigenvalue weighted by molar-refractivity contribution is -0.120. The molecule has 1 aromatic rings. The molecule has 0 spiro atoms. The number of amides is 1. The van der Waals surface area contributed by atoms with Crippen LogP contribution in [-0.2, 0) is 26.0 Å². The van der Waals surface area contributed by atoms with E-state index in [1.54, 1.807) is 6.07 Å². The average molecular weight is 361 g/mol. The molecule has 0 aromatic heterocycles. The molecule has 1 fully saturated rings. The van der Waals surface area contributed by atoms with Gasteiger partial charge in [0.15, 0.2) is 0 Å². The van der Waals surface area contributed by atoms with Crippen LogP contribution in [0.2, 0.25) is 5.02 Å². The zero-order chi connectivity index (χ0) is 16.7. The van der Waals surface area contributed by atoms with Crippen LogP contribution in [0.5, 0.6) is 0 Å². The van der Waals surface area contributed by atoms with Crippen LogP contribution in [0.3, 0.4) is 0 Å². The van der Waals surface area contributed by atoms with Gasteiger partial charge in [0.2, 0.25) is 15.9 Å². The molecule has 1 aliphatic heterocycles. The van der Waals surface area contributed by atoms with Gasteiger partial charge in [-0.1, -0.05) is 29.8 Å². The van der Waals surface area contributed by atoms with Gasteiger partial charge in [0.1, 0.15) is 0 Å². The molecule has 0 bridgehead atoms. The second-order valence-electron chi connectivity index (χ2n) is 5.27. The largest absolute Gasteiger partial charge is 0.379 e. The molecule has 128 valence electrons. The van der Waals surface area contributed by atoms with E-state index in [1.807, 2.05) is 18.2 Å². The van der Waals surface area contributed by atoms with Crippen molar-refractivity contribution >= 4 is 27.5 Å². The van der Waals surface area contributed by atoms with Crippen LogP contribution in [0.1, 0.15) is 12.0 Å². The van der Waals surface area contributed by atoms with Crippen LogP contribution in [0.15, 0.2) is 24.3 Å². The van der Waals surface area contributed by atoms with Crippen molar-refractivity contribution < 1.29 is 17.9 Å². The summed E-state index contributed by atoms with van der Waals surface area (Å²) in [5.41, 5.74) is 0.908. The number of morpholine rings is 1. The molecule has 1 N–H and O–H groups in total. The molecular formula is C15H21ClN2O4S. The maximum Gasteiger partial charge on any atom is 0.220 e. The number of rotatable bonds is 7. The summed E-state index contributed by atoms with van der Waals surface area (Å²) >= 11 is 6.03. The first-order chi connectivity index (χ1) is 11.0. The molecule has 0 atom stereocenters. The lowest BCUT2D eigenvalue weighted by Crippen LogP contribution is -2.43. The number of hydrogen-bond acceptors (Lipinski definition) is 4. The van der Waals surface area contributed by atoms with Gasteiger partial charge in [0.05, 0.1) is 19.0 Å². The van der Waals surface area contributed by atoms with E-state index in [2.05, 4.69) is 5.32 Å². The fourth-order valence-electron chi connectivity index (χ4n) is 2.31. The van der Waals surface area contributed by atoms with Crippen molar-refractivity contribution in [1.82, 2.24) is 9.62 Å². The first-order valence-corrected chi connectivity index (χ1v) is 9.53. The number of sulfonamides is 1. The summed E-state index contributed by atoms with van der Waals surface area (Å²) in [7, 11) is -3.34. The molecule has 1 saturated heterocycles. The van der Waals surface area contributed by atoms with Crippen LogP contribution in [0.25, 0.3) is 0 Å². The van der Waals surface area contributed by atoms with E-state index in [0.717, 1.165) is 5.56 Å². The smallest absolute Gasteiger partial charge is 0.220 e. The maximum atomic E-state index is 12.1. The summed E-state index contributed by atoms with van der Waals surface area (Å²) in [6.07, 6.45) is 0.809. The van der Waals surface area contributed by atoms with Crippen molar-refractivity contribution in [1.29, 1.82) is 0 Å². The lowest BCUT2D eigenvalue weighted by atomic mass is 10.1. The predicted octanol–water partition coefficient (Wildman–Crippen LogP) is 1.05. The third-order valence-electron chi connectivity index (χ3n) is 3.62. The van der Waals surface area contributed by atoms with Gasteiger partial charge in [-0.3, -0.25) is 4.79 Å². The molecule has 0 saturated carbocycles. The van der Waals surface area contributed by atoms with E-state index in [4.69, 9.17) is 16.3 Å². The Hall–Kier alpha value is -1.15. The third-order valence-corrected chi connectivity index (χ3v) is 5.87. The number of carbonyl (C=O) groups is 1. The van der Waals surface area contributed by atoms with Gasteiger partial charge in [-0.25, -0.2) is 8.42 Å². The normalized spacial score (nSPS) is 16.2. The van der Waals surface area contributed by atoms with E-state index in [1.165, 1.54) is 4.31 Å². The summed E-state index contributed by atoms with van der Waals surface area (Å²) in [6, 6.07) is 7.36. The number of nitrogens with one attached hydrogen (secondary N) is 1. The average Bonchev–Trinajstić information content (AvgIpc) is 2.55. The third kappa shape index (κ3) is 5.76. The van der Waals surface area contributed by atoms with E-state index in [-0.39, 0.29) is 24.6 Å². The van der Waals surface area contributed by atoms with Gasteiger partial charge in [-0.15, -0.1) is 0 Å². The minimum Gasteiger partial charge on any atom is -0.379 e. The fourth-order valence-corrected chi connectivity index (χ4v) is 3.86. The summed E-state index contributed by atoms with van der Waals surface area (Å²) in [5, 5.41) is 3.28. The number of hydrogen-bond donors (Lipinski definition) is 1. The van der Waals surface area contributed by atoms with E-state index in [0.29, 0.717) is 37.7 Å². The number of aryl methyl sites for hydroxylation is 1. The Morgan fingerprint density at radius 1 is 1.26 bits per heavy atom. The fraction of sp³-hybridized carbons (Fsp3) is 0.533. The summed E-state index contributed by atoms with van der Waals surface area (Å²) in [6.45, 7) is 1.71. The molecule has 23 heavy (non-hydrogen) atoms. The highest BCUT2D eigenvalue weighted by atomic mass is 35.5. The monoisotopic (exact) mass is 360 g/mol. The first kappa shape index (κ1) is 18.2. The Kier molecular flexibility index (Phi) is 6.83. The van der Waals surface area contributed by atoms with Gasteiger partial charge < -0.3 is 10.1 Å². The van der Waals surface area contributed by atoms with Crippen molar-refractivity contribution in [3.8, 4) is 0 Å². The van der Waals surface area contributed by atoms with Crippen molar-refractivity contribution in [3.05, 3.63) is 34.9 Å². The van der Waals surface area contributed by atoms with E-state index < -0.39 is 10.0 Å². The second kappa shape index (κ2) is 8.63. The Bertz CT molecular complexity index is 630. The van der Waals surface area contributed by atoms with Gasteiger partial charge in [0.25, 0.3) is 0 Å². The highest BCUT2D eigenvalue weighted by Gasteiger charge is 2.23. The molecule has 8 heteroatoms. The topological polar surface area (TPSA) is 75.7 Å². The molecule has 2 rings (SSSR count). The van der Waals surface area contributed by atoms with Crippen molar-refractivity contribution in [3.63, 3.8) is 0 Å². The van der Waals surface area contributed by atoms with Crippen LogP contribution in [-0.4, -0.2) is 57.2 Å². The molecule has 0 radical (unpaired) electrons. The first-order valence-electron chi connectivity index (χ1n) is 7.55. The predicted molar refractivity (Wildman–Crippen MR) is 89.0 cm³/mol. The summed E-state index contributed by atoms with van der Waals surface area (Å²) < 4.78 is 30.7. The Morgan fingerprint density at radius 2 is 1.96 bits per heavy atom. The van der Waals surface area contributed by atoms with Gasteiger partial charge in [-0.2, -0.15) is 4.31 Å². The Morgan fingerprint density at radius 3 is 2.65 bits per heavy atom. The number of nitrogens with zero attached hydrogens (tertiary/aromatic N) is 1. The van der Waals surface area contributed by atoms with E-state index in [9.17, 15) is 13.2 Å². The molecule has 6 nitrogen and oxygen atoms in total. The van der Waals surface area contributed by atoms with Crippen molar-refractivity contribution in [2.24, 2.45) is 0 Å². The standard InChI is InChI=1S/C15H21ClN2O4S/c16-14-4-2-1-3-13(14)5-6-15(19)17-7-12-23(20,21)18-8-10-22-11-9-18/h1-4H,5-12H2,(H,17,19). The van der Waals surface area contributed by atoms with Crippen LogP contribution in [0, 0.1) is 0 Å². The van der Waals surface area contributed by atoms with Gasteiger partial charge >= 0.3 is 0 Å². The maximum absolute atomic E-state index is 12.1. The minimum absolute atomic E-state index is 0.0924.